The number of carbonyl (C=O) groups excluding carboxylic acids is 1. The smallest absolute Gasteiger partial charge is 0.293 e. The number of rotatable bonds is 7. The molecule has 1 aromatic carbocycles. The van der Waals surface area contributed by atoms with Crippen molar-refractivity contribution in [3.05, 3.63) is 33.9 Å². The van der Waals surface area contributed by atoms with Crippen LogP contribution < -0.4 is 11.1 Å². The van der Waals surface area contributed by atoms with Crippen molar-refractivity contribution in [2.24, 2.45) is 11.7 Å². The van der Waals surface area contributed by atoms with Gasteiger partial charge in [0.1, 0.15) is 5.69 Å². The molecule has 0 aliphatic carbocycles. The van der Waals surface area contributed by atoms with E-state index in [0.717, 1.165) is 13.1 Å². The fourth-order valence-corrected chi connectivity index (χ4v) is 2.90. The number of ether oxygens (including phenoxy) is 1. The first-order valence-electron chi connectivity index (χ1n) is 8.04. The molecule has 0 spiro atoms. The van der Waals surface area contributed by atoms with Crippen molar-refractivity contribution in [2.45, 2.75) is 19.9 Å². The standard InChI is InChI=1S/C16H24N4O4/c1-11(2)15(19-5-7-24-8-6-19)10-18-13-4-3-12(16(17)21)9-14(13)20(22)23/h3-4,9,11,15,18H,5-8,10H2,1-2H3,(H2,17,21). The number of hydrogen-bond donors (Lipinski definition) is 2. The Balaban J connectivity index is 2.13. The number of amides is 1. The van der Waals surface area contributed by atoms with E-state index in [4.69, 9.17) is 10.5 Å². The van der Waals surface area contributed by atoms with Gasteiger partial charge in [-0.1, -0.05) is 13.8 Å². The van der Waals surface area contributed by atoms with E-state index in [9.17, 15) is 14.9 Å². The molecule has 1 atom stereocenters. The molecule has 1 aliphatic rings. The number of nitrogens with one attached hydrogen (secondary N) is 1. The van der Waals surface area contributed by atoms with Crippen molar-refractivity contribution < 1.29 is 14.5 Å². The average Bonchev–Trinajstić information content (AvgIpc) is 2.55. The molecule has 1 aliphatic heterocycles. The summed E-state index contributed by atoms with van der Waals surface area (Å²) < 4.78 is 5.38. The number of nitro groups is 1. The van der Waals surface area contributed by atoms with Crippen LogP contribution in [-0.4, -0.2) is 54.6 Å². The molecule has 24 heavy (non-hydrogen) atoms. The molecule has 132 valence electrons. The topological polar surface area (TPSA) is 111 Å². The molecule has 1 aromatic rings. The van der Waals surface area contributed by atoms with Crippen LogP contribution >= 0.6 is 0 Å². The second-order valence-corrected chi connectivity index (χ2v) is 6.19. The maximum absolute atomic E-state index is 11.3. The Hall–Kier alpha value is -2.19. The molecule has 0 radical (unpaired) electrons. The highest BCUT2D eigenvalue weighted by Crippen LogP contribution is 2.26. The zero-order valence-electron chi connectivity index (χ0n) is 14.0. The van der Waals surface area contributed by atoms with Gasteiger partial charge in [0.25, 0.3) is 5.69 Å². The largest absolute Gasteiger partial charge is 0.379 e. The number of primary amides is 1. The molecule has 3 N–H and O–H groups in total. The van der Waals surface area contributed by atoms with Crippen LogP contribution in [0.15, 0.2) is 18.2 Å². The fraction of sp³-hybridized carbons (Fsp3) is 0.562. The number of morpholine rings is 1. The van der Waals surface area contributed by atoms with E-state index < -0.39 is 10.8 Å². The summed E-state index contributed by atoms with van der Waals surface area (Å²) in [6.45, 7) is 7.96. The van der Waals surface area contributed by atoms with Gasteiger partial charge in [-0.2, -0.15) is 0 Å². The van der Waals surface area contributed by atoms with E-state index >= 15 is 0 Å². The zero-order chi connectivity index (χ0) is 17.7. The third kappa shape index (κ3) is 4.42. The second-order valence-electron chi connectivity index (χ2n) is 6.19. The number of nitrogens with two attached hydrogens (primary N) is 1. The van der Waals surface area contributed by atoms with Crippen molar-refractivity contribution in [2.75, 3.05) is 38.2 Å². The molecule has 0 bridgehead atoms. The van der Waals surface area contributed by atoms with E-state index in [1.165, 1.54) is 18.2 Å². The molecule has 1 unspecified atom stereocenters. The molecule has 0 saturated carbocycles. The summed E-state index contributed by atoms with van der Waals surface area (Å²) in [7, 11) is 0. The molecule has 8 nitrogen and oxygen atoms in total. The van der Waals surface area contributed by atoms with E-state index in [0.29, 0.717) is 31.4 Å². The highest BCUT2D eigenvalue weighted by Gasteiger charge is 2.25. The Kier molecular flexibility index (Phi) is 6.10. The van der Waals surface area contributed by atoms with Crippen LogP contribution in [0.2, 0.25) is 0 Å². The number of benzene rings is 1. The minimum absolute atomic E-state index is 0.126. The molecular weight excluding hydrogens is 312 g/mol. The monoisotopic (exact) mass is 336 g/mol. The molecule has 1 amide bonds. The first kappa shape index (κ1) is 18.2. The lowest BCUT2D eigenvalue weighted by molar-refractivity contribution is -0.384. The van der Waals surface area contributed by atoms with E-state index in [1.54, 1.807) is 0 Å². The number of carbonyl (C=O) groups is 1. The predicted molar refractivity (Wildman–Crippen MR) is 91.1 cm³/mol. The van der Waals surface area contributed by atoms with Gasteiger partial charge in [-0.05, 0) is 18.1 Å². The highest BCUT2D eigenvalue weighted by atomic mass is 16.6. The first-order valence-corrected chi connectivity index (χ1v) is 8.04. The van der Waals surface area contributed by atoms with E-state index in [2.05, 4.69) is 24.1 Å². The van der Waals surface area contributed by atoms with Gasteiger partial charge < -0.3 is 15.8 Å². The quantitative estimate of drug-likeness (QED) is 0.576. The maximum Gasteiger partial charge on any atom is 0.293 e. The minimum atomic E-state index is -0.682. The van der Waals surface area contributed by atoms with Crippen molar-refractivity contribution in [3.8, 4) is 0 Å². The number of nitro benzene ring substituents is 1. The van der Waals surface area contributed by atoms with Gasteiger partial charge in [-0.15, -0.1) is 0 Å². The van der Waals surface area contributed by atoms with Gasteiger partial charge in [0.05, 0.1) is 18.1 Å². The summed E-state index contributed by atoms with van der Waals surface area (Å²) in [5, 5.41) is 14.4. The lowest BCUT2D eigenvalue weighted by Gasteiger charge is -2.37. The van der Waals surface area contributed by atoms with E-state index in [-0.39, 0.29) is 17.3 Å². The number of anilines is 1. The normalized spacial score (nSPS) is 16.8. The van der Waals surface area contributed by atoms with Gasteiger partial charge in [0.2, 0.25) is 5.91 Å². The van der Waals surface area contributed by atoms with Gasteiger partial charge in [-0.3, -0.25) is 19.8 Å². The summed E-state index contributed by atoms with van der Waals surface area (Å²) >= 11 is 0. The summed E-state index contributed by atoms with van der Waals surface area (Å²) in [4.78, 5) is 24.3. The van der Waals surface area contributed by atoms with Crippen molar-refractivity contribution in [1.29, 1.82) is 0 Å². The Morgan fingerprint density at radius 1 is 1.42 bits per heavy atom. The third-order valence-corrected chi connectivity index (χ3v) is 4.26. The minimum Gasteiger partial charge on any atom is -0.379 e. The molecule has 1 fully saturated rings. The molecule has 2 rings (SSSR count). The van der Waals surface area contributed by atoms with Crippen LogP contribution in [0.3, 0.4) is 0 Å². The summed E-state index contributed by atoms with van der Waals surface area (Å²) in [5.74, 6) is -0.294. The average molecular weight is 336 g/mol. The first-order chi connectivity index (χ1) is 11.4. The highest BCUT2D eigenvalue weighted by molar-refractivity contribution is 5.94. The second kappa shape index (κ2) is 8.07. The van der Waals surface area contributed by atoms with Crippen molar-refractivity contribution in [1.82, 2.24) is 4.90 Å². The number of nitrogens with zero attached hydrogens (tertiary/aromatic N) is 2. The Bertz CT molecular complexity index is 600. The summed E-state index contributed by atoms with van der Waals surface area (Å²) in [6, 6.07) is 4.49. The molecule has 1 heterocycles. The van der Waals surface area contributed by atoms with Crippen LogP contribution in [0.5, 0.6) is 0 Å². The summed E-state index contributed by atoms with van der Waals surface area (Å²) in [5.41, 5.74) is 5.57. The van der Waals surface area contributed by atoms with Gasteiger partial charge >= 0.3 is 0 Å². The predicted octanol–water partition coefficient (Wildman–Crippen LogP) is 1.46. The lowest BCUT2D eigenvalue weighted by atomic mass is 10.0. The van der Waals surface area contributed by atoms with Crippen molar-refractivity contribution >= 4 is 17.3 Å². The van der Waals surface area contributed by atoms with E-state index in [1.807, 2.05) is 0 Å². The SMILES string of the molecule is CC(C)C(CNc1ccc(C(N)=O)cc1[N+](=O)[O-])N1CCOCC1. The van der Waals surface area contributed by atoms with Crippen LogP contribution in [-0.2, 0) is 4.74 Å². The fourth-order valence-electron chi connectivity index (χ4n) is 2.90. The lowest BCUT2D eigenvalue weighted by Crippen LogP contribution is -2.49. The molecule has 1 saturated heterocycles. The molecule has 8 heteroatoms. The molecule has 0 aromatic heterocycles. The Labute approximate surface area is 141 Å². The zero-order valence-corrected chi connectivity index (χ0v) is 14.0. The Morgan fingerprint density at radius 3 is 2.62 bits per heavy atom. The molecular formula is C16H24N4O4. The maximum atomic E-state index is 11.3. The van der Waals surface area contributed by atoms with Crippen LogP contribution in [0.4, 0.5) is 11.4 Å². The van der Waals surface area contributed by atoms with Crippen LogP contribution in [0, 0.1) is 16.0 Å². The summed E-state index contributed by atoms with van der Waals surface area (Å²) in [6.07, 6.45) is 0. The van der Waals surface area contributed by atoms with Crippen LogP contribution in [0.1, 0.15) is 24.2 Å². The van der Waals surface area contributed by atoms with Gasteiger partial charge in [0, 0.05) is 37.3 Å². The van der Waals surface area contributed by atoms with Gasteiger partial charge in [0.15, 0.2) is 0 Å². The Morgan fingerprint density at radius 2 is 2.08 bits per heavy atom. The van der Waals surface area contributed by atoms with Crippen LogP contribution in [0.25, 0.3) is 0 Å². The van der Waals surface area contributed by atoms with Gasteiger partial charge in [-0.25, -0.2) is 0 Å². The third-order valence-electron chi connectivity index (χ3n) is 4.26. The van der Waals surface area contributed by atoms with Crippen molar-refractivity contribution in [3.63, 3.8) is 0 Å². The number of hydrogen-bond acceptors (Lipinski definition) is 6.